The van der Waals surface area contributed by atoms with Crippen LogP contribution in [0.25, 0.3) is 43.1 Å². The molecule has 0 amide bonds. The summed E-state index contributed by atoms with van der Waals surface area (Å²) in [6.45, 7) is 13.1. The van der Waals surface area contributed by atoms with Gasteiger partial charge in [0.25, 0.3) is 0 Å². The molecule has 0 fully saturated rings. The summed E-state index contributed by atoms with van der Waals surface area (Å²) in [5.41, 5.74) is 14.6. The number of rotatable bonds is 6. The SMILES string of the molecule is Cc1ccc(N(c2ccc(C)cc2)c2ccc3c4ccc(N(c5ccc(C)cc5)c5ccc(C)cc5)c5c(C)ccc(c6ccc(C)c2c63)c54)cc1. The van der Waals surface area contributed by atoms with Crippen LogP contribution in [0.2, 0.25) is 0 Å². The van der Waals surface area contributed by atoms with Crippen LogP contribution in [0.3, 0.4) is 0 Å². The second-order valence-electron chi connectivity index (χ2n) is 14.6. The van der Waals surface area contributed by atoms with E-state index < -0.39 is 0 Å². The predicted octanol–water partition coefficient (Wildman–Crippen LogP) is 14.5. The molecule has 2 nitrogen and oxygen atoms in total. The minimum Gasteiger partial charge on any atom is -0.310 e. The summed E-state index contributed by atoms with van der Waals surface area (Å²) in [6, 6.07) is 54.4. The van der Waals surface area contributed by atoms with Crippen LogP contribution in [0, 0.1) is 41.5 Å². The van der Waals surface area contributed by atoms with Gasteiger partial charge < -0.3 is 9.80 Å². The largest absolute Gasteiger partial charge is 0.310 e. The van der Waals surface area contributed by atoms with Gasteiger partial charge in [0, 0.05) is 33.5 Å². The Hall–Kier alpha value is -6.12. The van der Waals surface area contributed by atoms with E-state index in [9.17, 15) is 0 Å². The van der Waals surface area contributed by atoms with Crippen molar-refractivity contribution in [1.29, 1.82) is 0 Å². The lowest BCUT2D eigenvalue weighted by Gasteiger charge is -2.30. The average molecular weight is 671 g/mol. The van der Waals surface area contributed by atoms with Crippen molar-refractivity contribution in [2.75, 3.05) is 9.80 Å². The Morgan fingerprint density at radius 2 is 0.500 bits per heavy atom. The van der Waals surface area contributed by atoms with Crippen molar-refractivity contribution in [2.45, 2.75) is 41.5 Å². The van der Waals surface area contributed by atoms with Crippen molar-refractivity contribution >= 4 is 77.2 Å². The Kier molecular flexibility index (Phi) is 7.52. The summed E-state index contributed by atoms with van der Waals surface area (Å²) >= 11 is 0. The summed E-state index contributed by atoms with van der Waals surface area (Å²) in [6.07, 6.45) is 0. The van der Waals surface area contributed by atoms with Crippen molar-refractivity contribution in [3.63, 3.8) is 0 Å². The Labute approximate surface area is 306 Å². The molecule has 52 heavy (non-hydrogen) atoms. The maximum absolute atomic E-state index is 2.43. The summed E-state index contributed by atoms with van der Waals surface area (Å²) in [4.78, 5) is 4.86. The molecule has 252 valence electrons. The Morgan fingerprint density at radius 3 is 0.769 bits per heavy atom. The molecule has 9 aromatic rings. The van der Waals surface area contributed by atoms with E-state index >= 15 is 0 Å². The summed E-state index contributed by atoms with van der Waals surface area (Å²) in [5.74, 6) is 0. The lowest BCUT2D eigenvalue weighted by molar-refractivity contribution is 1.28. The molecule has 2 heteroatoms. The first-order valence-electron chi connectivity index (χ1n) is 18.3. The van der Waals surface area contributed by atoms with E-state index in [1.807, 2.05) is 0 Å². The number of nitrogens with zero attached hydrogens (tertiary/aromatic N) is 2. The van der Waals surface area contributed by atoms with Crippen molar-refractivity contribution in [1.82, 2.24) is 0 Å². The number of hydrogen-bond donors (Lipinski definition) is 0. The summed E-state index contributed by atoms with van der Waals surface area (Å²) in [5, 5.41) is 10.4. The molecule has 0 aromatic heterocycles. The summed E-state index contributed by atoms with van der Waals surface area (Å²) < 4.78 is 0. The predicted molar refractivity (Wildman–Crippen MR) is 225 cm³/mol. The fourth-order valence-corrected chi connectivity index (χ4v) is 8.19. The highest BCUT2D eigenvalue weighted by Crippen LogP contribution is 2.50. The van der Waals surface area contributed by atoms with Gasteiger partial charge in [-0.15, -0.1) is 0 Å². The normalized spacial score (nSPS) is 11.7. The van der Waals surface area contributed by atoms with Gasteiger partial charge in [0.15, 0.2) is 0 Å². The molecular weight excluding hydrogens is 629 g/mol. The van der Waals surface area contributed by atoms with Crippen LogP contribution < -0.4 is 9.80 Å². The zero-order chi connectivity index (χ0) is 35.7. The average Bonchev–Trinajstić information content (AvgIpc) is 3.15. The van der Waals surface area contributed by atoms with E-state index in [0.29, 0.717) is 0 Å². The highest BCUT2D eigenvalue weighted by molar-refractivity contribution is 6.36. The van der Waals surface area contributed by atoms with E-state index in [4.69, 9.17) is 0 Å². The van der Waals surface area contributed by atoms with Crippen LogP contribution in [0.4, 0.5) is 34.1 Å². The minimum absolute atomic E-state index is 1.15. The zero-order valence-corrected chi connectivity index (χ0v) is 30.8. The number of anilines is 6. The Morgan fingerprint density at radius 1 is 0.250 bits per heavy atom. The molecule has 0 aliphatic rings. The molecule has 0 saturated heterocycles. The fourth-order valence-electron chi connectivity index (χ4n) is 8.19. The van der Waals surface area contributed by atoms with Gasteiger partial charge in [-0.1, -0.05) is 107 Å². The number of fused-ring (bicyclic) bond motifs is 2. The van der Waals surface area contributed by atoms with Crippen LogP contribution in [-0.2, 0) is 0 Å². The van der Waals surface area contributed by atoms with Crippen LogP contribution in [0.15, 0.2) is 146 Å². The lowest BCUT2D eigenvalue weighted by Crippen LogP contribution is -2.12. The molecule has 0 N–H and O–H groups in total. The van der Waals surface area contributed by atoms with E-state index in [0.717, 1.165) is 22.7 Å². The quantitative estimate of drug-likeness (QED) is 0.128. The van der Waals surface area contributed by atoms with Gasteiger partial charge in [0.1, 0.15) is 0 Å². The molecule has 0 aliphatic carbocycles. The van der Waals surface area contributed by atoms with E-state index in [1.54, 1.807) is 0 Å². The third kappa shape index (κ3) is 5.09. The molecule has 9 aromatic carbocycles. The van der Waals surface area contributed by atoms with Gasteiger partial charge in [0.2, 0.25) is 0 Å². The number of benzene rings is 9. The highest BCUT2D eigenvalue weighted by atomic mass is 15.1. The van der Waals surface area contributed by atoms with Gasteiger partial charge >= 0.3 is 0 Å². The topological polar surface area (TPSA) is 6.48 Å². The molecule has 0 unspecified atom stereocenters. The van der Waals surface area contributed by atoms with E-state index in [-0.39, 0.29) is 0 Å². The van der Waals surface area contributed by atoms with Gasteiger partial charge in [-0.25, -0.2) is 0 Å². The smallest absolute Gasteiger partial charge is 0.0543 e. The first-order valence-corrected chi connectivity index (χ1v) is 18.3. The molecule has 0 saturated carbocycles. The van der Waals surface area contributed by atoms with Gasteiger partial charge in [0.05, 0.1) is 11.4 Å². The second kappa shape index (κ2) is 12.3. The molecule has 0 spiro atoms. The third-order valence-corrected chi connectivity index (χ3v) is 10.9. The zero-order valence-electron chi connectivity index (χ0n) is 30.8. The highest BCUT2D eigenvalue weighted by Gasteiger charge is 2.24. The molecule has 0 heterocycles. The molecule has 0 radical (unpaired) electrons. The van der Waals surface area contributed by atoms with Gasteiger partial charge in [-0.3, -0.25) is 0 Å². The van der Waals surface area contributed by atoms with E-state index in [2.05, 4.69) is 197 Å². The standard InChI is InChI=1S/C50H42N2/c1-31-7-17-37(18-8-31)51(38-19-9-32(2)10-20-38)45-29-27-43-44-28-30-46(52(39-21-11-33(3)12-22-39)40-23-13-34(4)14-24-40)48-36(6)16-26-42(50(44)48)41-25-15-35(5)47(45)49(41)43/h7-30H,1-6H3. The minimum atomic E-state index is 1.15. The van der Waals surface area contributed by atoms with Crippen LogP contribution in [0.5, 0.6) is 0 Å². The van der Waals surface area contributed by atoms with Crippen LogP contribution >= 0.6 is 0 Å². The van der Waals surface area contributed by atoms with Crippen molar-refractivity contribution in [2.24, 2.45) is 0 Å². The first kappa shape index (κ1) is 31.8. The molecule has 0 aliphatic heterocycles. The van der Waals surface area contributed by atoms with Crippen molar-refractivity contribution < 1.29 is 0 Å². The lowest BCUT2D eigenvalue weighted by atomic mass is 9.86. The van der Waals surface area contributed by atoms with Crippen molar-refractivity contribution in [3.8, 4) is 0 Å². The maximum Gasteiger partial charge on any atom is 0.0543 e. The van der Waals surface area contributed by atoms with Gasteiger partial charge in [-0.2, -0.15) is 0 Å². The first-order chi connectivity index (χ1) is 25.3. The molecule has 0 atom stereocenters. The monoisotopic (exact) mass is 670 g/mol. The maximum atomic E-state index is 2.43. The Balaban J connectivity index is 1.35. The molecule has 0 bridgehead atoms. The third-order valence-electron chi connectivity index (χ3n) is 10.9. The molecule has 9 rings (SSSR count). The van der Waals surface area contributed by atoms with E-state index in [1.165, 1.54) is 87.8 Å². The van der Waals surface area contributed by atoms with Gasteiger partial charge in [-0.05, 0) is 146 Å². The van der Waals surface area contributed by atoms with Crippen molar-refractivity contribution in [3.05, 3.63) is 179 Å². The molecular formula is C50H42N2. The number of hydrogen-bond acceptors (Lipinski definition) is 2. The van der Waals surface area contributed by atoms with Crippen LogP contribution in [-0.4, -0.2) is 0 Å². The summed E-state index contributed by atoms with van der Waals surface area (Å²) in [7, 11) is 0. The Bertz CT molecular complexity index is 2450. The second-order valence-corrected chi connectivity index (χ2v) is 14.6. The number of aryl methyl sites for hydroxylation is 6. The fraction of sp³-hybridized carbons (Fsp3) is 0.120. The van der Waals surface area contributed by atoms with Crippen LogP contribution in [0.1, 0.15) is 33.4 Å².